The van der Waals surface area contributed by atoms with Gasteiger partial charge in [-0.05, 0) is 84.5 Å². The van der Waals surface area contributed by atoms with Gasteiger partial charge in [0.25, 0.3) is 0 Å². The Morgan fingerprint density at radius 1 is 0.606 bits per heavy atom. The quantitative estimate of drug-likeness (QED) is 0.733. The molecule has 0 fully saturated rings. The first-order valence-electron chi connectivity index (χ1n) is 10.4. The van der Waals surface area contributed by atoms with Crippen LogP contribution < -0.4 is 0 Å². The molecule has 1 N–H and O–H groups in total. The second-order valence-electron chi connectivity index (χ2n) is 7.79. The molecular weight excluding hydrogens is 412 g/mol. The first-order valence-corrected chi connectivity index (χ1v) is 10.4. The Balaban J connectivity index is 1.53. The van der Waals surface area contributed by atoms with Gasteiger partial charge in [0, 0.05) is 5.57 Å². The fourth-order valence-corrected chi connectivity index (χ4v) is 3.97. The Labute approximate surface area is 189 Å². The van der Waals surface area contributed by atoms with Gasteiger partial charge < -0.3 is 5.11 Å². The minimum absolute atomic E-state index is 0.231. The van der Waals surface area contributed by atoms with Gasteiger partial charge in [0.05, 0.1) is 51.2 Å². The van der Waals surface area contributed by atoms with Crippen molar-refractivity contribution in [3.8, 4) is 0 Å². The third-order valence-corrected chi connectivity index (χ3v) is 5.51. The summed E-state index contributed by atoms with van der Waals surface area (Å²) < 4.78 is 0. The standard InChI is InChI=1S/C27H16N4O2/c32-27(33)17-3-1-16(2-4-17)26-24-11-9-22(30-24)14-20-7-5-18(28-20)13-19-6-8-21(29-19)15-23-10-12-25(26)31-23/h1-15H,(H,32,33). The van der Waals surface area contributed by atoms with E-state index in [4.69, 9.17) is 9.98 Å². The molecule has 5 aliphatic rings. The van der Waals surface area contributed by atoms with Gasteiger partial charge in [0.1, 0.15) is 0 Å². The molecule has 5 aliphatic heterocycles. The third-order valence-electron chi connectivity index (χ3n) is 5.51. The lowest BCUT2D eigenvalue weighted by Gasteiger charge is -2.09. The molecule has 6 rings (SSSR count). The summed E-state index contributed by atoms with van der Waals surface area (Å²) in [5.74, 6) is -0.962. The van der Waals surface area contributed by atoms with E-state index in [1.807, 2.05) is 66.8 Å². The molecule has 1 aromatic rings. The van der Waals surface area contributed by atoms with Crippen molar-refractivity contribution < 1.29 is 9.90 Å². The van der Waals surface area contributed by atoms with E-state index in [1.54, 1.807) is 24.3 Å². The van der Waals surface area contributed by atoms with Crippen LogP contribution in [0.2, 0.25) is 0 Å². The third kappa shape index (κ3) is 3.64. The summed E-state index contributed by atoms with van der Waals surface area (Å²) in [6.45, 7) is 0. The second-order valence-corrected chi connectivity index (χ2v) is 7.79. The van der Waals surface area contributed by atoms with Crippen molar-refractivity contribution in [3.05, 3.63) is 125 Å². The van der Waals surface area contributed by atoms with Gasteiger partial charge in [0.15, 0.2) is 0 Å². The smallest absolute Gasteiger partial charge is 0.335 e. The molecule has 6 nitrogen and oxygen atoms in total. The number of rotatable bonds is 2. The van der Waals surface area contributed by atoms with E-state index in [2.05, 4.69) is 9.98 Å². The Morgan fingerprint density at radius 2 is 1.15 bits per heavy atom. The zero-order valence-corrected chi connectivity index (χ0v) is 17.3. The monoisotopic (exact) mass is 428 g/mol. The molecule has 0 unspecified atom stereocenters. The van der Waals surface area contributed by atoms with Crippen LogP contribution in [0.1, 0.15) is 15.9 Å². The van der Waals surface area contributed by atoms with Crippen molar-refractivity contribution in [1.82, 2.24) is 0 Å². The van der Waals surface area contributed by atoms with Crippen LogP contribution in [0.15, 0.2) is 134 Å². The predicted molar refractivity (Wildman–Crippen MR) is 131 cm³/mol. The molecule has 0 aromatic heterocycles. The first-order chi connectivity index (χ1) is 16.1. The number of allylic oxidation sites excluding steroid dienone is 12. The average molecular weight is 428 g/mol. The number of aliphatic imine (C=N–C) groups is 4. The van der Waals surface area contributed by atoms with Gasteiger partial charge in [-0.15, -0.1) is 0 Å². The molecule has 33 heavy (non-hydrogen) atoms. The van der Waals surface area contributed by atoms with Crippen molar-refractivity contribution in [2.24, 2.45) is 20.0 Å². The maximum absolute atomic E-state index is 11.3. The molecule has 0 saturated carbocycles. The number of carboxylic acids is 1. The molecule has 0 radical (unpaired) electrons. The van der Waals surface area contributed by atoms with Crippen LogP contribution >= 0.6 is 0 Å². The van der Waals surface area contributed by atoms with Crippen molar-refractivity contribution in [3.63, 3.8) is 0 Å². The predicted octanol–water partition coefficient (Wildman–Crippen LogP) is 4.80. The average Bonchev–Trinajstić information content (AvgIpc) is 3.60. The summed E-state index contributed by atoms with van der Waals surface area (Å²) in [5, 5.41) is 9.27. The van der Waals surface area contributed by atoms with Gasteiger partial charge in [-0.3, -0.25) is 0 Å². The Kier molecular flexibility index (Phi) is 4.30. The molecule has 5 heterocycles. The molecule has 0 amide bonds. The van der Waals surface area contributed by atoms with Crippen LogP contribution in [-0.4, -0.2) is 33.9 Å². The summed E-state index contributed by atoms with van der Waals surface area (Å²) in [6, 6.07) is 6.77. The van der Waals surface area contributed by atoms with E-state index in [-0.39, 0.29) is 5.56 Å². The largest absolute Gasteiger partial charge is 0.478 e. The number of hydrogen-bond donors (Lipinski definition) is 1. The number of fused-ring (bicyclic) bond motifs is 4. The van der Waals surface area contributed by atoms with Gasteiger partial charge in [0.2, 0.25) is 0 Å². The summed E-state index contributed by atoms with van der Waals surface area (Å²) in [6.07, 6.45) is 21.4. The number of aromatic carboxylic acids is 1. The Bertz CT molecular complexity index is 1500. The number of benzene rings is 1. The van der Waals surface area contributed by atoms with E-state index in [0.29, 0.717) is 0 Å². The molecule has 6 heteroatoms. The molecular formula is C27H16N4O2. The van der Waals surface area contributed by atoms with Crippen LogP contribution in [0.5, 0.6) is 0 Å². The van der Waals surface area contributed by atoms with Crippen LogP contribution in [-0.2, 0) is 0 Å². The van der Waals surface area contributed by atoms with E-state index < -0.39 is 5.97 Å². The Hall–Kier alpha value is -4.71. The molecule has 8 bridgehead atoms. The summed E-state index contributed by atoms with van der Waals surface area (Å²) >= 11 is 0. The second kappa shape index (κ2) is 7.46. The molecule has 0 saturated heterocycles. The molecule has 156 valence electrons. The van der Waals surface area contributed by atoms with E-state index >= 15 is 0 Å². The van der Waals surface area contributed by atoms with E-state index in [1.165, 1.54) is 0 Å². The zero-order chi connectivity index (χ0) is 22.4. The van der Waals surface area contributed by atoms with Crippen molar-refractivity contribution in [2.75, 3.05) is 0 Å². The van der Waals surface area contributed by atoms with Crippen LogP contribution in [0.3, 0.4) is 0 Å². The minimum atomic E-state index is -0.962. The number of nitrogens with zero attached hydrogens (tertiary/aromatic N) is 4. The molecule has 0 atom stereocenters. The number of carboxylic acid groups (broad SMARTS) is 1. The van der Waals surface area contributed by atoms with Gasteiger partial charge in [-0.2, -0.15) is 0 Å². The lowest BCUT2D eigenvalue weighted by atomic mass is 9.97. The molecule has 1 aromatic carbocycles. The van der Waals surface area contributed by atoms with Gasteiger partial charge in [-0.25, -0.2) is 24.8 Å². The summed E-state index contributed by atoms with van der Waals surface area (Å²) in [5.41, 5.74) is 8.30. The lowest BCUT2D eigenvalue weighted by molar-refractivity contribution is 0.0697. The van der Waals surface area contributed by atoms with Gasteiger partial charge >= 0.3 is 5.97 Å². The summed E-state index contributed by atoms with van der Waals surface area (Å²) in [4.78, 5) is 30.2. The van der Waals surface area contributed by atoms with Crippen molar-refractivity contribution in [2.45, 2.75) is 0 Å². The maximum Gasteiger partial charge on any atom is 0.335 e. The normalized spacial score (nSPS) is 19.8. The molecule has 0 aliphatic carbocycles. The highest BCUT2D eigenvalue weighted by molar-refractivity contribution is 6.32. The number of carbonyl (C=O) groups is 1. The maximum atomic E-state index is 11.3. The summed E-state index contributed by atoms with van der Waals surface area (Å²) in [7, 11) is 0. The SMILES string of the molecule is O=C(O)c1ccc(C2=C3C=CC(=N3)C=C3C=CC(=N3)C=C3C=CC(=N3)C=C3C=CC2=N3)cc1. The van der Waals surface area contributed by atoms with Crippen LogP contribution in [0.25, 0.3) is 5.57 Å². The highest BCUT2D eigenvalue weighted by atomic mass is 16.4. The van der Waals surface area contributed by atoms with Crippen molar-refractivity contribution >= 4 is 34.4 Å². The lowest BCUT2D eigenvalue weighted by Crippen LogP contribution is -2.02. The first kappa shape index (κ1) is 19.0. The molecule has 0 spiro atoms. The van der Waals surface area contributed by atoms with Gasteiger partial charge in [-0.1, -0.05) is 12.1 Å². The van der Waals surface area contributed by atoms with Crippen LogP contribution in [0, 0.1) is 0 Å². The fourth-order valence-electron chi connectivity index (χ4n) is 3.97. The minimum Gasteiger partial charge on any atom is -0.478 e. The number of hydrogen-bond acceptors (Lipinski definition) is 5. The highest BCUT2D eigenvalue weighted by Crippen LogP contribution is 2.30. The van der Waals surface area contributed by atoms with E-state index in [9.17, 15) is 9.90 Å². The van der Waals surface area contributed by atoms with Crippen molar-refractivity contribution in [1.29, 1.82) is 0 Å². The van der Waals surface area contributed by atoms with Crippen LogP contribution in [0.4, 0.5) is 0 Å². The zero-order valence-electron chi connectivity index (χ0n) is 17.3. The van der Waals surface area contributed by atoms with E-state index in [0.717, 1.165) is 56.8 Å². The topological polar surface area (TPSA) is 86.7 Å². The fraction of sp³-hybridized carbons (Fsp3) is 0. The highest BCUT2D eigenvalue weighted by Gasteiger charge is 2.20. The Morgan fingerprint density at radius 3 is 1.79 bits per heavy atom.